The molecule has 2 amide bonds. The molecule has 0 spiro atoms. The molecule has 5 nitrogen and oxygen atoms in total. The van der Waals surface area contributed by atoms with E-state index in [9.17, 15) is 9.90 Å². The van der Waals surface area contributed by atoms with E-state index < -0.39 is 11.6 Å². The first kappa shape index (κ1) is 14.3. The summed E-state index contributed by atoms with van der Waals surface area (Å²) in [7, 11) is 0. The average Bonchev–Trinajstić information content (AvgIpc) is 2.76. The third-order valence-corrected chi connectivity index (χ3v) is 3.47. The fraction of sp³-hybridized carbons (Fsp3) is 0.917. The van der Waals surface area contributed by atoms with Crippen LogP contribution in [-0.2, 0) is 4.84 Å². The third kappa shape index (κ3) is 4.91. The number of carbonyl (C=O) groups is 1. The molecule has 1 unspecified atom stereocenters. The van der Waals surface area contributed by atoms with Crippen molar-refractivity contribution in [3.05, 3.63) is 0 Å². The molecule has 100 valence electrons. The summed E-state index contributed by atoms with van der Waals surface area (Å²) in [6.45, 7) is 5.74. The first-order valence-electron chi connectivity index (χ1n) is 6.33. The number of hydroxylamine groups is 1. The Morgan fingerprint density at radius 1 is 1.47 bits per heavy atom. The second-order valence-corrected chi connectivity index (χ2v) is 5.32. The molecule has 1 saturated carbocycles. The van der Waals surface area contributed by atoms with Crippen molar-refractivity contribution < 1.29 is 14.7 Å². The number of urea groups is 1. The van der Waals surface area contributed by atoms with E-state index in [1.54, 1.807) is 6.92 Å². The van der Waals surface area contributed by atoms with Gasteiger partial charge in [0.2, 0.25) is 0 Å². The van der Waals surface area contributed by atoms with Crippen LogP contribution in [-0.4, -0.2) is 29.4 Å². The van der Waals surface area contributed by atoms with Crippen LogP contribution in [0, 0.1) is 5.92 Å². The lowest BCUT2D eigenvalue weighted by Crippen LogP contribution is -2.47. The number of carbonyl (C=O) groups excluding carboxylic acids is 1. The number of amides is 2. The monoisotopic (exact) mass is 244 g/mol. The van der Waals surface area contributed by atoms with Gasteiger partial charge >= 0.3 is 6.03 Å². The fourth-order valence-corrected chi connectivity index (χ4v) is 1.64. The van der Waals surface area contributed by atoms with Crippen LogP contribution in [0.5, 0.6) is 0 Å². The largest absolute Gasteiger partial charge is 0.388 e. The standard InChI is InChI=1S/C12H24N2O3/c1-9(2)12(3,16)8-13-11(15)14-17-10-6-4-5-7-10/h9-10,16H,4-8H2,1-3H3,(H2,13,14,15). The van der Waals surface area contributed by atoms with Gasteiger partial charge < -0.3 is 10.4 Å². The van der Waals surface area contributed by atoms with Crippen molar-refractivity contribution in [2.24, 2.45) is 5.92 Å². The van der Waals surface area contributed by atoms with E-state index in [2.05, 4.69) is 10.8 Å². The molecule has 3 N–H and O–H groups in total. The Morgan fingerprint density at radius 3 is 2.59 bits per heavy atom. The first-order chi connectivity index (χ1) is 7.92. The molecule has 0 radical (unpaired) electrons. The summed E-state index contributed by atoms with van der Waals surface area (Å²) in [5.41, 5.74) is 1.48. The van der Waals surface area contributed by atoms with Crippen LogP contribution in [0.4, 0.5) is 4.79 Å². The summed E-state index contributed by atoms with van der Waals surface area (Å²) in [6, 6.07) is -0.391. The zero-order valence-corrected chi connectivity index (χ0v) is 11.0. The van der Waals surface area contributed by atoms with Gasteiger partial charge in [-0.3, -0.25) is 4.84 Å². The highest BCUT2D eigenvalue weighted by Crippen LogP contribution is 2.19. The Hall–Kier alpha value is -0.810. The van der Waals surface area contributed by atoms with E-state index in [-0.39, 0.29) is 18.6 Å². The van der Waals surface area contributed by atoms with E-state index in [0.29, 0.717) is 0 Å². The van der Waals surface area contributed by atoms with Crippen LogP contribution < -0.4 is 10.8 Å². The Labute approximate surface area is 103 Å². The highest BCUT2D eigenvalue weighted by molar-refractivity contribution is 5.72. The van der Waals surface area contributed by atoms with E-state index in [1.807, 2.05) is 13.8 Å². The van der Waals surface area contributed by atoms with Gasteiger partial charge in [-0.1, -0.05) is 26.7 Å². The minimum absolute atomic E-state index is 0.0820. The Morgan fingerprint density at radius 2 is 2.06 bits per heavy atom. The number of aliphatic hydroxyl groups is 1. The summed E-state index contributed by atoms with van der Waals surface area (Å²) < 4.78 is 0. The van der Waals surface area contributed by atoms with Crippen molar-refractivity contribution in [2.75, 3.05) is 6.54 Å². The predicted octanol–water partition coefficient (Wildman–Crippen LogP) is 1.57. The topological polar surface area (TPSA) is 70.6 Å². The molecule has 0 bridgehead atoms. The van der Waals surface area contributed by atoms with Crippen LogP contribution in [0.2, 0.25) is 0 Å². The molecule has 0 aromatic heterocycles. The van der Waals surface area contributed by atoms with Gasteiger partial charge in [-0.15, -0.1) is 0 Å². The molecule has 0 aromatic rings. The maximum Gasteiger partial charge on any atom is 0.338 e. The number of nitrogens with one attached hydrogen (secondary N) is 2. The van der Waals surface area contributed by atoms with E-state index in [4.69, 9.17) is 4.84 Å². The summed E-state index contributed by atoms with van der Waals surface area (Å²) in [5, 5.41) is 12.5. The van der Waals surface area contributed by atoms with Crippen LogP contribution in [0.15, 0.2) is 0 Å². The highest BCUT2D eigenvalue weighted by Gasteiger charge is 2.25. The molecule has 0 heterocycles. The number of rotatable bonds is 5. The summed E-state index contributed by atoms with van der Waals surface area (Å²) >= 11 is 0. The van der Waals surface area contributed by atoms with Crippen LogP contribution in [0.3, 0.4) is 0 Å². The SMILES string of the molecule is CC(C)C(C)(O)CNC(=O)NOC1CCCC1. The van der Waals surface area contributed by atoms with E-state index in [0.717, 1.165) is 25.7 Å². The molecular formula is C12H24N2O3. The van der Waals surface area contributed by atoms with Crippen molar-refractivity contribution in [3.63, 3.8) is 0 Å². The lowest BCUT2D eigenvalue weighted by atomic mass is 9.93. The quantitative estimate of drug-likeness (QED) is 0.643. The van der Waals surface area contributed by atoms with Gasteiger partial charge in [0, 0.05) is 6.54 Å². The second-order valence-electron chi connectivity index (χ2n) is 5.32. The van der Waals surface area contributed by atoms with Gasteiger partial charge in [-0.05, 0) is 25.7 Å². The predicted molar refractivity (Wildman–Crippen MR) is 65.3 cm³/mol. The van der Waals surface area contributed by atoms with Crippen molar-refractivity contribution in [2.45, 2.75) is 58.2 Å². The average molecular weight is 244 g/mol. The second kappa shape index (κ2) is 6.21. The van der Waals surface area contributed by atoms with Gasteiger partial charge in [0.1, 0.15) is 0 Å². The van der Waals surface area contributed by atoms with Gasteiger partial charge in [0.25, 0.3) is 0 Å². The lowest BCUT2D eigenvalue weighted by molar-refractivity contribution is -0.00674. The van der Waals surface area contributed by atoms with Gasteiger partial charge in [0.15, 0.2) is 0 Å². The maximum atomic E-state index is 11.4. The van der Waals surface area contributed by atoms with Crippen molar-refractivity contribution >= 4 is 6.03 Å². The Bertz CT molecular complexity index is 248. The van der Waals surface area contributed by atoms with Crippen LogP contribution in [0.1, 0.15) is 46.5 Å². The van der Waals surface area contributed by atoms with E-state index in [1.165, 1.54) is 0 Å². The molecule has 0 saturated heterocycles. The van der Waals surface area contributed by atoms with Gasteiger partial charge in [-0.25, -0.2) is 10.3 Å². The summed E-state index contributed by atoms with van der Waals surface area (Å²) in [6.07, 6.45) is 4.48. The molecule has 1 aliphatic carbocycles. The van der Waals surface area contributed by atoms with Crippen molar-refractivity contribution in [1.29, 1.82) is 0 Å². The zero-order chi connectivity index (χ0) is 12.9. The minimum atomic E-state index is -0.898. The van der Waals surface area contributed by atoms with Gasteiger partial charge in [0.05, 0.1) is 11.7 Å². The zero-order valence-electron chi connectivity index (χ0n) is 11.0. The summed E-state index contributed by atoms with van der Waals surface area (Å²) in [4.78, 5) is 16.7. The molecule has 0 aromatic carbocycles. The summed E-state index contributed by atoms with van der Waals surface area (Å²) in [5.74, 6) is 0.0820. The third-order valence-electron chi connectivity index (χ3n) is 3.47. The molecule has 1 rings (SSSR count). The normalized spacial score (nSPS) is 20.3. The molecule has 1 fully saturated rings. The highest BCUT2D eigenvalue weighted by atomic mass is 16.7. The molecule has 1 aliphatic rings. The lowest BCUT2D eigenvalue weighted by Gasteiger charge is -2.27. The maximum absolute atomic E-state index is 11.4. The molecule has 1 atom stereocenters. The minimum Gasteiger partial charge on any atom is -0.388 e. The van der Waals surface area contributed by atoms with Gasteiger partial charge in [-0.2, -0.15) is 0 Å². The molecule has 5 heteroatoms. The smallest absolute Gasteiger partial charge is 0.338 e. The Kier molecular flexibility index (Phi) is 5.21. The van der Waals surface area contributed by atoms with Crippen LogP contribution >= 0.6 is 0 Å². The van der Waals surface area contributed by atoms with Crippen molar-refractivity contribution in [1.82, 2.24) is 10.8 Å². The van der Waals surface area contributed by atoms with Crippen LogP contribution in [0.25, 0.3) is 0 Å². The first-order valence-corrected chi connectivity index (χ1v) is 6.33. The van der Waals surface area contributed by atoms with E-state index >= 15 is 0 Å². The Balaban J connectivity index is 2.16. The number of hydrogen-bond acceptors (Lipinski definition) is 3. The molecular weight excluding hydrogens is 220 g/mol. The number of hydrogen-bond donors (Lipinski definition) is 3. The van der Waals surface area contributed by atoms with Crippen molar-refractivity contribution in [3.8, 4) is 0 Å². The fourth-order valence-electron chi connectivity index (χ4n) is 1.64. The molecule has 0 aliphatic heterocycles. The molecule has 17 heavy (non-hydrogen) atoms.